The highest BCUT2D eigenvalue weighted by Gasteiger charge is 2.29. The Labute approximate surface area is 249 Å². The molecule has 0 amide bonds. The molecular weight excluding hydrogens is 581 g/mol. The van der Waals surface area contributed by atoms with E-state index in [1.54, 1.807) is 24.4 Å². The number of piperidine rings is 1. The Kier molecular flexibility index (Phi) is 7.73. The Morgan fingerprint density at radius 1 is 1.12 bits per heavy atom. The van der Waals surface area contributed by atoms with Gasteiger partial charge in [0, 0.05) is 30.7 Å². The van der Waals surface area contributed by atoms with Gasteiger partial charge < -0.3 is 20.7 Å². The first-order chi connectivity index (χ1) is 20.1. The van der Waals surface area contributed by atoms with E-state index in [0.29, 0.717) is 34.5 Å². The molecule has 0 unspecified atom stereocenters. The molecule has 2 aromatic heterocycles. The summed E-state index contributed by atoms with van der Waals surface area (Å²) in [5.74, 6) is -0.467. The van der Waals surface area contributed by atoms with Crippen LogP contribution in [0.1, 0.15) is 32.7 Å². The van der Waals surface area contributed by atoms with Crippen molar-refractivity contribution in [1.29, 1.82) is 0 Å². The maximum Gasteiger partial charge on any atom is 0.263 e. The Hall–Kier alpha value is -3.45. The van der Waals surface area contributed by atoms with Crippen molar-refractivity contribution >= 4 is 49.7 Å². The predicted molar refractivity (Wildman–Crippen MR) is 163 cm³/mol. The molecule has 0 saturated carbocycles. The van der Waals surface area contributed by atoms with E-state index in [9.17, 15) is 8.42 Å². The van der Waals surface area contributed by atoms with Crippen LogP contribution >= 0.6 is 11.6 Å². The number of benzene rings is 2. The average Bonchev–Trinajstić information content (AvgIpc) is 3.35. The lowest BCUT2D eigenvalue weighted by Crippen LogP contribution is -2.53. The van der Waals surface area contributed by atoms with Crippen molar-refractivity contribution in [2.45, 2.75) is 49.7 Å². The summed E-state index contributed by atoms with van der Waals surface area (Å²) in [5.41, 5.74) is 8.93. The zero-order valence-corrected chi connectivity index (χ0v) is 24.9. The first kappa shape index (κ1) is 28.7. The highest BCUT2D eigenvalue weighted by Crippen LogP contribution is 2.39. The van der Waals surface area contributed by atoms with Crippen LogP contribution in [0.5, 0.6) is 0 Å². The van der Waals surface area contributed by atoms with Gasteiger partial charge in [0.25, 0.3) is 10.0 Å². The highest BCUT2D eigenvalue weighted by atomic mass is 35.5. The van der Waals surface area contributed by atoms with Gasteiger partial charge in [-0.15, -0.1) is 0 Å². The van der Waals surface area contributed by atoms with Crippen LogP contribution in [-0.4, -0.2) is 61.6 Å². The number of nitrogens with zero attached hydrogens (tertiary/aromatic N) is 4. The quantitative estimate of drug-likeness (QED) is 0.258. The molecule has 13 heteroatoms. The Balaban J connectivity index is 1.33. The van der Waals surface area contributed by atoms with Crippen LogP contribution in [0, 0.1) is 5.82 Å². The minimum absolute atomic E-state index is 0.00817. The first-order valence-electron chi connectivity index (χ1n) is 13.9. The van der Waals surface area contributed by atoms with Gasteiger partial charge in [0.2, 0.25) is 0 Å². The lowest BCUT2D eigenvalue weighted by molar-refractivity contribution is -0.0111. The molecule has 0 spiro atoms. The third-order valence-corrected chi connectivity index (χ3v) is 9.65. The average molecular weight is 614 g/mol. The molecule has 10 nitrogen and oxygen atoms in total. The van der Waals surface area contributed by atoms with Gasteiger partial charge in [-0.25, -0.2) is 17.8 Å². The smallest absolute Gasteiger partial charge is 0.263 e. The maximum absolute atomic E-state index is 15.4. The molecule has 2 aliphatic heterocycles. The second-order valence-electron chi connectivity index (χ2n) is 11.0. The lowest BCUT2D eigenvalue weighted by Gasteiger charge is -2.38. The summed E-state index contributed by atoms with van der Waals surface area (Å²) < 4.78 is 50.7. The third kappa shape index (κ3) is 5.39. The van der Waals surface area contributed by atoms with Gasteiger partial charge in [0.1, 0.15) is 22.2 Å². The maximum atomic E-state index is 15.4. The van der Waals surface area contributed by atoms with E-state index in [-0.39, 0.29) is 21.6 Å². The molecule has 4 N–H and O–H groups in total. The molecule has 4 aromatic rings. The number of halogens is 2. The van der Waals surface area contributed by atoms with E-state index in [1.165, 1.54) is 24.3 Å². The normalized spacial score (nSPS) is 16.7. The van der Waals surface area contributed by atoms with Crippen molar-refractivity contribution in [3.05, 3.63) is 59.5 Å². The summed E-state index contributed by atoms with van der Waals surface area (Å²) in [6, 6.07) is 11.1. The summed E-state index contributed by atoms with van der Waals surface area (Å²) in [6.45, 7) is 7.29. The third-order valence-electron chi connectivity index (χ3n) is 7.78. The monoisotopic (exact) mass is 613 g/mol. The number of fused-ring (bicyclic) bond motifs is 1. The van der Waals surface area contributed by atoms with E-state index >= 15 is 4.39 Å². The van der Waals surface area contributed by atoms with E-state index in [0.717, 1.165) is 50.3 Å². The number of rotatable bonds is 8. The fourth-order valence-corrected chi connectivity index (χ4v) is 7.13. The van der Waals surface area contributed by atoms with Crippen molar-refractivity contribution in [1.82, 2.24) is 20.1 Å². The molecule has 0 radical (unpaired) electrons. The summed E-state index contributed by atoms with van der Waals surface area (Å²) >= 11 is 6.07. The van der Waals surface area contributed by atoms with Gasteiger partial charge >= 0.3 is 0 Å². The number of sulfonamides is 1. The van der Waals surface area contributed by atoms with Crippen LogP contribution in [0.2, 0.25) is 5.02 Å². The van der Waals surface area contributed by atoms with Crippen LogP contribution in [0.3, 0.4) is 0 Å². The van der Waals surface area contributed by atoms with Gasteiger partial charge in [-0.1, -0.05) is 29.8 Å². The van der Waals surface area contributed by atoms with Crippen molar-refractivity contribution < 1.29 is 17.5 Å². The SMILES string of the molecule is CC(C)n1nc(-c2ccc(NS(=O)(=O)c3ccccc3Cl)c(F)c2)c2c(N)ncc(N3CCC(NC4COC4)CC3)c21. The lowest BCUT2D eigenvalue weighted by atomic mass is 10.0. The summed E-state index contributed by atoms with van der Waals surface area (Å²) in [7, 11) is -4.11. The second-order valence-corrected chi connectivity index (χ2v) is 13.1. The number of hydrogen-bond acceptors (Lipinski definition) is 8. The van der Waals surface area contributed by atoms with Crippen molar-refractivity contribution in [3.8, 4) is 11.3 Å². The van der Waals surface area contributed by atoms with E-state index < -0.39 is 15.8 Å². The molecule has 0 atom stereocenters. The van der Waals surface area contributed by atoms with Gasteiger partial charge in [-0.05, 0) is 51.0 Å². The molecule has 0 aliphatic carbocycles. The van der Waals surface area contributed by atoms with Crippen molar-refractivity contribution in [2.75, 3.05) is 41.7 Å². The van der Waals surface area contributed by atoms with Crippen LogP contribution in [0.4, 0.5) is 21.6 Å². The molecule has 2 aliphatic rings. The largest absolute Gasteiger partial charge is 0.383 e. The van der Waals surface area contributed by atoms with Crippen LogP contribution in [-0.2, 0) is 14.8 Å². The molecule has 4 heterocycles. The minimum Gasteiger partial charge on any atom is -0.383 e. The van der Waals surface area contributed by atoms with E-state index in [2.05, 4.69) is 19.9 Å². The van der Waals surface area contributed by atoms with Crippen LogP contribution < -0.4 is 20.7 Å². The standard InChI is InChI=1S/C29H33ClFN7O3S/c1-17(2)38-28-24(37-11-9-19(10-12-37)34-20-15-41-16-20)14-33-29(32)26(28)27(35-38)18-7-8-23(22(31)13-18)36-42(39,40)25-6-4-3-5-21(25)30/h3-8,13-14,17,19-20,34,36H,9-12,15-16H2,1-2H3,(H2,32,33). The van der Waals surface area contributed by atoms with Gasteiger partial charge in [0.15, 0.2) is 0 Å². The topological polar surface area (TPSA) is 127 Å². The number of anilines is 3. The van der Waals surface area contributed by atoms with E-state index in [4.69, 9.17) is 27.2 Å². The Morgan fingerprint density at radius 3 is 2.50 bits per heavy atom. The summed E-state index contributed by atoms with van der Waals surface area (Å²) in [4.78, 5) is 6.68. The number of nitrogen functional groups attached to an aromatic ring is 1. The van der Waals surface area contributed by atoms with Gasteiger partial charge in [-0.2, -0.15) is 5.10 Å². The number of nitrogens with two attached hydrogens (primary N) is 1. The molecule has 222 valence electrons. The van der Waals surface area contributed by atoms with Crippen molar-refractivity contribution in [3.63, 3.8) is 0 Å². The number of ether oxygens (including phenoxy) is 1. The molecule has 0 bridgehead atoms. The Morgan fingerprint density at radius 2 is 1.86 bits per heavy atom. The van der Waals surface area contributed by atoms with E-state index in [1.807, 2.05) is 18.5 Å². The highest BCUT2D eigenvalue weighted by molar-refractivity contribution is 7.92. The number of aromatic nitrogens is 3. The van der Waals surface area contributed by atoms with Gasteiger partial charge in [0.05, 0.1) is 52.8 Å². The molecule has 42 heavy (non-hydrogen) atoms. The fourth-order valence-electron chi connectivity index (χ4n) is 5.55. The zero-order chi connectivity index (χ0) is 29.6. The van der Waals surface area contributed by atoms with Crippen LogP contribution in [0.25, 0.3) is 22.2 Å². The molecular formula is C29H33ClFN7O3S. The number of hydrogen-bond donors (Lipinski definition) is 3. The second kappa shape index (κ2) is 11.3. The fraction of sp³-hybridized carbons (Fsp3) is 0.379. The summed E-state index contributed by atoms with van der Waals surface area (Å²) in [6.07, 6.45) is 3.77. The summed E-state index contributed by atoms with van der Waals surface area (Å²) in [5, 5.41) is 9.23. The Bertz CT molecular complexity index is 1730. The molecule has 2 fully saturated rings. The van der Waals surface area contributed by atoms with Gasteiger partial charge in [-0.3, -0.25) is 9.40 Å². The van der Waals surface area contributed by atoms with Crippen LogP contribution in [0.15, 0.2) is 53.6 Å². The number of nitrogens with one attached hydrogen (secondary N) is 2. The molecule has 6 rings (SSSR count). The molecule has 2 saturated heterocycles. The zero-order valence-electron chi connectivity index (χ0n) is 23.3. The minimum atomic E-state index is -4.11. The number of pyridine rings is 1. The first-order valence-corrected chi connectivity index (χ1v) is 15.8. The molecule has 2 aromatic carbocycles. The van der Waals surface area contributed by atoms with Crippen molar-refractivity contribution in [2.24, 2.45) is 0 Å². The predicted octanol–water partition coefficient (Wildman–Crippen LogP) is 4.81.